The number of nitrogens with zero attached hydrogens (tertiary/aromatic N) is 1. The summed E-state index contributed by atoms with van der Waals surface area (Å²) in [5.41, 5.74) is 0. The molecule has 4 unspecified atom stereocenters. The Bertz CT molecular complexity index is 559. The fraction of sp³-hybridized carbons (Fsp3) is 0.643. The molecule has 21 heavy (non-hydrogen) atoms. The van der Waals surface area contributed by atoms with Crippen molar-refractivity contribution in [1.29, 1.82) is 0 Å². The molecule has 2 bridgehead atoms. The Morgan fingerprint density at radius 2 is 2.19 bits per heavy atom. The molecule has 0 aromatic carbocycles. The number of carboxylic acids is 1. The number of fused-ring (bicyclic) bond motifs is 2. The molecule has 6 nitrogen and oxygen atoms in total. The van der Waals surface area contributed by atoms with Gasteiger partial charge in [0, 0.05) is 17.1 Å². The fourth-order valence-corrected chi connectivity index (χ4v) is 4.45. The third-order valence-corrected chi connectivity index (χ3v) is 5.50. The number of aliphatic carboxylic acids is 1. The molecule has 0 saturated heterocycles. The predicted octanol–water partition coefficient (Wildman–Crippen LogP) is 1.75. The van der Waals surface area contributed by atoms with E-state index in [9.17, 15) is 14.7 Å². The lowest BCUT2D eigenvalue weighted by Gasteiger charge is -2.28. The number of carbonyl (C=O) groups is 2. The van der Waals surface area contributed by atoms with Crippen LogP contribution in [0.5, 0.6) is 0 Å². The van der Waals surface area contributed by atoms with Gasteiger partial charge >= 0.3 is 12.0 Å². The van der Waals surface area contributed by atoms with Crippen molar-refractivity contribution in [2.45, 2.75) is 38.8 Å². The first-order valence-corrected chi connectivity index (χ1v) is 8.04. The summed E-state index contributed by atoms with van der Waals surface area (Å²) in [5, 5.41) is 16.0. The molecule has 2 fully saturated rings. The number of nitrogens with one attached hydrogen (secondary N) is 2. The third kappa shape index (κ3) is 2.88. The average molecular weight is 309 g/mol. The minimum atomic E-state index is -0.786. The topological polar surface area (TPSA) is 91.3 Å². The maximum absolute atomic E-state index is 12.0. The Labute approximate surface area is 127 Å². The van der Waals surface area contributed by atoms with E-state index in [1.807, 2.05) is 6.92 Å². The minimum Gasteiger partial charge on any atom is -0.481 e. The Hall–Kier alpha value is -1.63. The van der Waals surface area contributed by atoms with E-state index in [2.05, 4.69) is 15.6 Å². The summed E-state index contributed by atoms with van der Waals surface area (Å²) in [6.07, 6.45) is 4.67. The highest BCUT2D eigenvalue weighted by molar-refractivity contribution is 7.11. The molecule has 0 radical (unpaired) electrons. The molecule has 0 spiro atoms. The number of amides is 2. The van der Waals surface area contributed by atoms with Crippen molar-refractivity contribution in [3.05, 3.63) is 16.1 Å². The molecular formula is C14H19N3O3S. The Morgan fingerprint density at radius 3 is 2.86 bits per heavy atom. The van der Waals surface area contributed by atoms with Crippen molar-refractivity contribution in [1.82, 2.24) is 15.6 Å². The van der Waals surface area contributed by atoms with Crippen LogP contribution in [0.1, 0.15) is 29.1 Å². The van der Waals surface area contributed by atoms with E-state index in [1.54, 1.807) is 17.5 Å². The number of urea groups is 1. The van der Waals surface area contributed by atoms with E-state index in [-0.39, 0.29) is 18.0 Å². The lowest BCUT2D eigenvalue weighted by Crippen LogP contribution is -2.50. The van der Waals surface area contributed by atoms with Crippen molar-refractivity contribution in [3.63, 3.8) is 0 Å². The zero-order chi connectivity index (χ0) is 15.0. The summed E-state index contributed by atoms with van der Waals surface area (Å²) in [4.78, 5) is 28.5. The fourth-order valence-electron chi connectivity index (χ4n) is 3.71. The molecule has 114 valence electrons. The molecule has 2 aliphatic rings. The molecule has 3 N–H and O–H groups in total. The van der Waals surface area contributed by atoms with E-state index < -0.39 is 11.9 Å². The van der Waals surface area contributed by atoms with Crippen LogP contribution in [0, 0.1) is 24.7 Å². The lowest BCUT2D eigenvalue weighted by molar-refractivity contribution is -0.144. The highest BCUT2D eigenvalue weighted by Gasteiger charge is 2.51. The standard InChI is InChI=1S/C14H19N3O3S/c1-7-15-5-10(21-7)6-16-14(20)17-12-9-3-2-8(4-9)11(12)13(18)19/h5,8-9,11-12H,2-4,6H2,1H3,(H,18,19)(H2,16,17,20). The highest BCUT2D eigenvalue weighted by atomic mass is 32.1. The average Bonchev–Trinajstić information content (AvgIpc) is 3.11. The van der Waals surface area contributed by atoms with Crippen LogP contribution in [0.2, 0.25) is 0 Å². The zero-order valence-electron chi connectivity index (χ0n) is 11.8. The van der Waals surface area contributed by atoms with Gasteiger partial charge in [-0.3, -0.25) is 4.79 Å². The van der Waals surface area contributed by atoms with Gasteiger partial charge in [0.15, 0.2) is 0 Å². The Balaban J connectivity index is 1.55. The Kier molecular flexibility index (Phi) is 3.84. The molecule has 2 aliphatic carbocycles. The molecule has 2 saturated carbocycles. The van der Waals surface area contributed by atoms with E-state index >= 15 is 0 Å². The summed E-state index contributed by atoms with van der Waals surface area (Å²) in [6.45, 7) is 2.34. The summed E-state index contributed by atoms with van der Waals surface area (Å²) in [7, 11) is 0. The summed E-state index contributed by atoms with van der Waals surface area (Å²) < 4.78 is 0. The molecule has 0 aliphatic heterocycles. The van der Waals surface area contributed by atoms with E-state index in [1.165, 1.54) is 0 Å². The molecule has 1 aromatic heterocycles. The number of hydrogen-bond donors (Lipinski definition) is 3. The van der Waals surface area contributed by atoms with Gasteiger partial charge in [-0.05, 0) is 38.0 Å². The second-order valence-electron chi connectivity index (χ2n) is 5.90. The number of carboxylic acid groups (broad SMARTS) is 1. The number of aryl methyl sites for hydroxylation is 1. The number of hydrogen-bond acceptors (Lipinski definition) is 4. The van der Waals surface area contributed by atoms with E-state index in [0.29, 0.717) is 12.5 Å². The first-order chi connectivity index (χ1) is 10.0. The summed E-state index contributed by atoms with van der Waals surface area (Å²) >= 11 is 1.54. The quantitative estimate of drug-likeness (QED) is 0.790. The lowest BCUT2D eigenvalue weighted by atomic mass is 9.84. The van der Waals surface area contributed by atoms with Crippen LogP contribution >= 0.6 is 11.3 Å². The zero-order valence-corrected chi connectivity index (χ0v) is 12.7. The van der Waals surface area contributed by atoms with Crippen LogP contribution in [0.25, 0.3) is 0 Å². The van der Waals surface area contributed by atoms with Gasteiger partial charge in [-0.15, -0.1) is 11.3 Å². The smallest absolute Gasteiger partial charge is 0.315 e. The molecular weight excluding hydrogens is 290 g/mol. The SMILES string of the molecule is Cc1ncc(CNC(=O)NC2C3CCC(C3)C2C(=O)O)s1. The van der Waals surface area contributed by atoms with Crippen LogP contribution < -0.4 is 10.6 Å². The first-order valence-electron chi connectivity index (χ1n) is 7.23. The van der Waals surface area contributed by atoms with Crippen molar-refractivity contribution in [2.24, 2.45) is 17.8 Å². The van der Waals surface area contributed by atoms with Crippen molar-refractivity contribution in [2.75, 3.05) is 0 Å². The second kappa shape index (κ2) is 5.63. The number of thiazole rings is 1. The minimum absolute atomic E-state index is 0.224. The predicted molar refractivity (Wildman–Crippen MR) is 78.0 cm³/mol. The Morgan fingerprint density at radius 1 is 1.43 bits per heavy atom. The highest BCUT2D eigenvalue weighted by Crippen LogP contribution is 2.48. The molecule has 7 heteroatoms. The molecule has 3 rings (SSSR count). The summed E-state index contributed by atoms with van der Waals surface area (Å²) in [6, 6.07) is -0.519. The second-order valence-corrected chi connectivity index (χ2v) is 7.21. The van der Waals surface area contributed by atoms with Gasteiger partial charge < -0.3 is 15.7 Å². The van der Waals surface area contributed by atoms with Crippen LogP contribution in [-0.2, 0) is 11.3 Å². The maximum Gasteiger partial charge on any atom is 0.315 e. The normalized spacial score (nSPS) is 30.3. The third-order valence-electron chi connectivity index (χ3n) is 4.59. The summed E-state index contributed by atoms with van der Waals surface area (Å²) in [5.74, 6) is -0.680. The maximum atomic E-state index is 12.0. The van der Waals surface area contributed by atoms with Crippen LogP contribution in [0.15, 0.2) is 6.20 Å². The van der Waals surface area contributed by atoms with Gasteiger partial charge in [-0.2, -0.15) is 0 Å². The van der Waals surface area contributed by atoms with Gasteiger partial charge in [-0.1, -0.05) is 0 Å². The van der Waals surface area contributed by atoms with Gasteiger partial charge in [0.05, 0.1) is 17.5 Å². The van der Waals surface area contributed by atoms with Crippen LogP contribution in [-0.4, -0.2) is 28.1 Å². The number of rotatable bonds is 4. The van der Waals surface area contributed by atoms with Crippen molar-refractivity contribution >= 4 is 23.3 Å². The largest absolute Gasteiger partial charge is 0.481 e. The van der Waals surface area contributed by atoms with Crippen molar-refractivity contribution in [3.8, 4) is 0 Å². The molecule has 1 heterocycles. The first kappa shape index (κ1) is 14.3. The number of carbonyl (C=O) groups excluding carboxylic acids is 1. The van der Waals surface area contributed by atoms with Crippen LogP contribution in [0.3, 0.4) is 0 Å². The van der Waals surface area contributed by atoms with Crippen LogP contribution in [0.4, 0.5) is 4.79 Å². The van der Waals surface area contributed by atoms with Gasteiger partial charge in [-0.25, -0.2) is 9.78 Å². The van der Waals surface area contributed by atoms with Gasteiger partial charge in [0.2, 0.25) is 0 Å². The van der Waals surface area contributed by atoms with Gasteiger partial charge in [0.25, 0.3) is 0 Å². The number of aromatic nitrogens is 1. The molecule has 4 atom stereocenters. The monoisotopic (exact) mass is 309 g/mol. The molecule has 1 aromatic rings. The van der Waals surface area contributed by atoms with E-state index in [0.717, 1.165) is 29.1 Å². The molecule has 2 amide bonds. The van der Waals surface area contributed by atoms with Crippen molar-refractivity contribution < 1.29 is 14.7 Å². The van der Waals surface area contributed by atoms with E-state index in [4.69, 9.17) is 0 Å². The van der Waals surface area contributed by atoms with Gasteiger partial charge in [0.1, 0.15) is 0 Å².